The molecule has 1 aliphatic heterocycles. The SMILES string of the molecule is COC(=O)[C@@H]1CCCN(c2nc(Br)c3c(N)nccn23)C1. The molecule has 21 heavy (non-hydrogen) atoms. The van der Waals surface area contributed by atoms with E-state index in [9.17, 15) is 4.79 Å². The van der Waals surface area contributed by atoms with Crippen molar-refractivity contribution in [2.45, 2.75) is 12.8 Å². The maximum absolute atomic E-state index is 11.8. The van der Waals surface area contributed by atoms with E-state index in [1.54, 1.807) is 6.20 Å². The van der Waals surface area contributed by atoms with E-state index in [0.717, 1.165) is 30.9 Å². The summed E-state index contributed by atoms with van der Waals surface area (Å²) in [5.41, 5.74) is 6.65. The van der Waals surface area contributed by atoms with Crippen molar-refractivity contribution in [2.24, 2.45) is 5.92 Å². The Hall–Kier alpha value is -1.83. The second kappa shape index (κ2) is 5.51. The van der Waals surface area contributed by atoms with Gasteiger partial charge in [-0.1, -0.05) is 0 Å². The van der Waals surface area contributed by atoms with Crippen molar-refractivity contribution in [3.05, 3.63) is 17.0 Å². The number of piperidine rings is 1. The number of imidazole rings is 1. The van der Waals surface area contributed by atoms with Crippen LogP contribution in [0.4, 0.5) is 11.8 Å². The van der Waals surface area contributed by atoms with E-state index in [2.05, 4.69) is 30.8 Å². The van der Waals surface area contributed by atoms with Gasteiger partial charge in [-0.15, -0.1) is 0 Å². The third kappa shape index (κ3) is 2.44. The molecule has 1 fully saturated rings. The molecule has 0 aliphatic carbocycles. The predicted molar refractivity (Wildman–Crippen MR) is 82.1 cm³/mol. The topological polar surface area (TPSA) is 85.8 Å². The predicted octanol–water partition coefficient (Wildman–Crippen LogP) is 1.46. The molecule has 2 aromatic heterocycles. The van der Waals surface area contributed by atoms with Gasteiger partial charge in [0.1, 0.15) is 10.1 Å². The van der Waals surface area contributed by atoms with E-state index in [1.807, 2.05) is 10.6 Å². The number of ether oxygens (including phenoxy) is 1. The van der Waals surface area contributed by atoms with Crippen LogP contribution in [-0.4, -0.2) is 40.5 Å². The van der Waals surface area contributed by atoms with Crippen molar-refractivity contribution in [1.82, 2.24) is 14.4 Å². The fourth-order valence-corrected chi connectivity index (χ4v) is 3.30. The van der Waals surface area contributed by atoms with Crippen LogP contribution in [0.2, 0.25) is 0 Å². The summed E-state index contributed by atoms with van der Waals surface area (Å²) >= 11 is 3.42. The summed E-state index contributed by atoms with van der Waals surface area (Å²) < 4.78 is 7.40. The van der Waals surface area contributed by atoms with Crippen molar-refractivity contribution in [3.8, 4) is 0 Å². The van der Waals surface area contributed by atoms with Crippen molar-refractivity contribution in [1.29, 1.82) is 0 Å². The number of aromatic nitrogens is 3. The number of rotatable bonds is 2. The zero-order valence-electron chi connectivity index (χ0n) is 11.6. The summed E-state index contributed by atoms with van der Waals surface area (Å²) in [4.78, 5) is 22.4. The number of nitrogens with two attached hydrogens (primary N) is 1. The number of halogens is 1. The van der Waals surface area contributed by atoms with Crippen LogP contribution in [0.1, 0.15) is 12.8 Å². The second-order valence-electron chi connectivity index (χ2n) is 5.04. The molecule has 2 N–H and O–H groups in total. The maximum Gasteiger partial charge on any atom is 0.310 e. The van der Waals surface area contributed by atoms with Crippen molar-refractivity contribution < 1.29 is 9.53 Å². The number of methoxy groups -OCH3 is 1. The van der Waals surface area contributed by atoms with Crippen LogP contribution < -0.4 is 10.6 Å². The molecular formula is C13H16BrN5O2. The summed E-state index contributed by atoms with van der Waals surface area (Å²) in [6.07, 6.45) is 5.23. The molecule has 3 rings (SSSR count). The van der Waals surface area contributed by atoms with Crippen molar-refractivity contribution in [3.63, 3.8) is 0 Å². The molecule has 0 unspecified atom stereocenters. The molecule has 8 heteroatoms. The standard InChI is InChI=1S/C13H16BrN5O2/c1-21-12(20)8-3-2-5-18(7-8)13-17-10(14)9-11(15)16-4-6-19(9)13/h4,6,8H,2-3,5,7H2,1H3,(H2,15,16)/t8-/m1/s1. The molecule has 1 atom stereocenters. The van der Waals surface area contributed by atoms with Gasteiger partial charge in [-0.3, -0.25) is 9.20 Å². The van der Waals surface area contributed by atoms with E-state index >= 15 is 0 Å². The van der Waals surface area contributed by atoms with Gasteiger partial charge in [-0.25, -0.2) is 9.97 Å². The molecule has 0 spiro atoms. The molecule has 3 heterocycles. The quantitative estimate of drug-likeness (QED) is 0.822. The molecule has 1 saturated heterocycles. The first-order valence-electron chi connectivity index (χ1n) is 6.72. The summed E-state index contributed by atoms with van der Waals surface area (Å²) in [5.74, 6) is 0.902. The van der Waals surface area contributed by atoms with Crippen LogP contribution in [-0.2, 0) is 9.53 Å². The second-order valence-corrected chi connectivity index (χ2v) is 5.79. The lowest BCUT2D eigenvalue weighted by Gasteiger charge is -2.31. The molecule has 0 bridgehead atoms. The molecular weight excluding hydrogens is 338 g/mol. The van der Waals surface area contributed by atoms with Crippen molar-refractivity contribution >= 4 is 39.2 Å². The monoisotopic (exact) mass is 353 g/mol. The number of nitrogen functional groups attached to an aromatic ring is 1. The van der Waals surface area contributed by atoms with Gasteiger partial charge in [-0.05, 0) is 28.8 Å². The third-order valence-corrected chi connectivity index (χ3v) is 4.31. The third-order valence-electron chi connectivity index (χ3n) is 3.76. The molecule has 112 valence electrons. The lowest BCUT2D eigenvalue weighted by molar-refractivity contribution is -0.145. The van der Waals surface area contributed by atoms with Gasteiger partial charge in [0.05, 0.1) is 13.0 Å². The van der Waals surface area contributed by atoms with Gasteiger partial charge >= 0.3 is 5.97 Å². The number of carbonyl (C=O) groups excluding carboxylic acids is 1. The van der Waals surface area contributed by atoms with E-state index in [4.69, 9.17) is 10.5 Å². The van der Waals surface area contributed by atoms with Gasteiger partial charge in [-0.2, -0.15) is 0 Å². The highest BCUT2D eigenvalue weighted by Crippen LogP contribution is 2.29. The number of nitrogens with zero attached hydrogens (tertiary/aromatic N) is 4. The molecule has 0 amide bonds. The Morgan fingerprint density at radius 3 is 3.14 bits per heavy atom. The van der Waals surface area contributed by atoms with E-state index in [-0.39, 0.29) is 11.9 Å². The van der Waals surface area contributed by atoms with Crippen LogP contribution in [0.25, 0.3) is 5.52 Å². The summed E-state index contributed by atoms with van der Waals surface area (Å²) in [5, 5.41) is 0. The Labute approximate surface area is 130 Å². The number of esters is 1. The Balaban J connectivity index is 1.97. The summed E-state index contributed by atoms with van der Waals surface area (Å²) in [6.45, 7) is 1.45. The van der Waals surface area contributed by atoms with Gasteiger partial charge in [0, 0.05) is 25.5 Å². The minimum Gasteiger partial charge on any atom is -0.469 e. The molecule has 7 nitrogen and oxygen atoms in total. The number of hydrogen-bond acceptors (Lipinski definition) is 6. The molecule has 2 aromatic rings. The molecule has 0 radical (unpaired) electrons. The Morgan fingerprint density at radius 1 is 1.57 bits per heavy atom. The van der Waals surface area contributed by atoms with Gasteiger partial charge in [0.15, 0.2) is 5.82 Å². The maximum atomic E-state index is 11.8. The number of hydrogen-bond donors (Lipinski definition) is 1. The first-order chi connectivity index (χ1) is 10.1. The first kappa shape index (κ1) is 14.1. The number of fused-ring (bicyclic) bond motifs is 1. The van der Waals surface area contributed by atoms with Crippen LogP contribution in [0.15, 0.2) is 17.0 Å². The fourth-order valence-electron chi connectivity index (χ4n) is 2.75. The highest BCUT2D eigenvalue weighted by Gasteiger charge is 2.29. The zero-order valence-corrected chi connectivity index (χ0v) is 13.2. The number of carbonyl (C=O) groups is 1. The minimum atomic E-state index is -0.166. The Morgan fingerprint density at radius 2 is 2.38 bits per heavy atom. The van der Waals surface area contributed by atoms with Crippen LogP contribution in [0.3, 0.4) is 0 Å². The minimum absolute atomic E-state index is 0.117. The fraction of sp³-hybridized carbons (Fsp3) is 0.462. The zero-order chi connectivity index (χ0) is 15.0. The lowest BCUT2D eigenvalue weighted by Crippen LogP contribution is -2.40. The molecule has 0 aromatic carbocycles. The van der Waals surface area contributed by atoms with Gasteiger partial charge in [0.2, 0.25) is 5.95 Å². The highest BCUT2D eigenvalue weighted by molar-refractivity contribution is 9.10. The van der Waals surface area contributed by atoms with E-state index in [0.29, 0.717) is 17.0 Å². The lowest BCUT2D eigenvalue weighted by atomic mass is 9.98. The highest BCUT2D eigenvalue weighted by atomic mass is 79.9. The molecule has 1 aliphatic rings. The Kier molecular flexibility index (Phi) is 3.71. The van der Waals surface area contributed by atoms with Crippen LogP contribution >= 0.6 is 15.9 Å². The smallest absolute Gasteiger partial charge is 0.310 e. The van der Waals surface area contributed by atoms with E-state index < -0.39 is 0 Å². The summed E-state index contributed by atoms with van der Waals surface area (Å²) in [6, 6.07) is 0. The average Bonchev–Trinajstić information content (AvgIpc) is 2.85. The van der Waals surface area contributed by atoms with Gasteiger partial charge < -0.3 is 15.4 Å². The van der Waals surface area contributed by atoms with E-state index in [1.165, 1.54) is 7.11 Å². The molecule has 0 saturated carbocycles. The normalized spacial score (nSPS) is 19.0. The average molecular weight is 354 g/mol. The van der Waals surface area contributed by atoms with Gasteiger partial charge in [0.25, 0.3) is 0 Å². The summed E-state index contributed by atoms with van der Waals surface area (Å²) in [7, 11) is 1.43. The largest absolute Gasteiger partial charge is 0.469 e. The first-order valence-corrected chi connectivity index (χ1v) is 7.52. The van der Waals surface area contributed by atoms with Crippen molar-refractivity contribution in [2.75, 3.05) is 30.8 Å². The number of anilines is 2. The van der Waals surface area contributed by atoms with Crippen LogP contribution in [0, 0.1) is 5.92 Å². The Bertz CT molecular complexity index is 686. The van der Waals surface area contributed by atoms with Crippen LogP contribution in [0.5, 0.6) is 0 Å².